The second-order valence-corrected chi connectivity index (χ2v) is 3.54. The Kier molecular flexibility index (Phi) is 3.16. The molecule has 0 bridgehead atoms. The molecule has 0 unspecified atom stereocenters. The molecule has 3 N–H and O–H groups in total. The lowest BCUT2D eigenvalue weighted by atomic mass is 10.3. The number of anilines is 1. The largest absolute Gasteiger partial charge is 0.376 e. The second kappa shape index (κ2) is 3.97. The number of thiocarbonyl (C=S) groups is 1. The smallest absolute Gasteiger partial charge is 0.173 e. The van der Waals surface area contributed by atoms with E-state index >= 15 is 0 Å². The van der Waals surface area contributed by atoms with Crippen LogP contribution in [0.1, 0.15) is 0 Å². The van der Waals surface area contributed by atoms with Gasteiger partial charge in [0.2, 0.25) is 0 Å². The highest BCUT2D eigenvalue weighted by Gasteiger charge is 2.08. The first-order valence-electron chi connectivity index (χ1n) is 3.21. The van der Waals surface area contributed by atoms with Gasteiger partial charge in [0.1, 0.15) is 0 Å². The second-order valence-electron chi connectivity index (χ2n) is 2.24. The topological polar surface area (TPSA) is 38.0 Å². The van der Waals surface area contributed by atoms with Gasteiger partial charge in [-0.1, -0.05) is 0 Å². The number of hydrogen-bond acceptors (Lipinski definition) is 1. The Morgan fingerprint density at radius 2 is 2.08 bits per heavy atom. The molecule has 1 rings (SSSR count). The molecule has 0 aromatic heterocycles. The van der Waals surface area contributed by atoms with E-state index in [1.165, 1.54) is 6.07 Å². The third-order valence-electron chi connectivity index (χ3n) is 1.25. The molecule has 0 aliphatic carbocycles. The molecule has 0 spiro atoms. The number of benzene rings is 1. The van der Waals surface area contributed by atoms with E-state index in [0.717, 1.165) is 6.07 Å². The average Bonchev–Trinajstić information content (AvgIpc) is 1.98. The van der Waals surface area contributed by atoms with E-state index in [-0.39, 0.29) is 9.59 Å². The molecule has 0 aliphatic heterocycles. The maximum Gasteiger partial charge on any atom is 0.173 e. The Morgan fingerprint density at radius 1 is 1.46 bits per heavy atom. The summed E-state index contributed by atoms with van der Waals surface area (Å²) in [5.74, 6) is -1.90. The molecule has 0 saturated carbocycles. The maximum absolute atomic E-state index is 12.8. The molecular formula is C7H5BrF2N2S. The molecule has 1 aromatic rings. The molecule has 0 saturated heterocycles. The lowest BCUT2D eigenvalue weighted by Crippen LogP contribution is -2.19. The Balaban J connectivity index is 3.06. The zero-order valence-electron chi connectivity index (χ0n) is 6.27. The molecular weight excluding hydrogens is 262 g/mol. The van der Waals surface area contributed by atoms with E-state index in [4.69, 9.17) is 5.73 Å². The lowest BCUT2D eigenvalue weighted by Gasteiger charge is -2.05. The van der Waals surface area contributed by atoms with Crippen molar-refractivity contribution in [1.82, 2.24) is 0 Å². The number of nitrogens with one attached hydrogen (secondary N) is 1. The minimum atomic E-state index is -0.965. The molecule has 6 heteroatoms. The van der Waals surface area contributed by atoms with E-state index < -0.39 is 11.6 Å². The van der Waals surface area contributed by atoms with Crippen molar-refractivity contribution in [2.24, 2.45) is 5.73 Å². The normalized spacial score (nSPS) is 9.77. The third kappa shape index (κ3) is 2.60. The molecule has 0 aliphatic rings. The molecule has 0 heterocycles. The SMILES string of the molecule is NC(=S)Nc1cc(F)c(F)c(Br)c1. The van der Waals surface area contributed by atoms with Crippen LogP contribution in [0.25, 0.3) is 0 Å². The van der Waals surface area contributed by atoms with Gasteiger partial charge >= 0.3 is 0 Å². The third-order valence-corrected chi connectivity index (χ3v) is 1.93. The van der Waals surface area contributed by atoms with Crippen molar-refractivity contribution < 1.29 is 8.78 Å². The first kappa shape index (κ1) is 10.3. The molecule has 0 radical (unpaired) electrons. The van der Waals surface area contributed by atoms with Gasteiger partial charge in [-0.15, -0.1) is 0 Å². The Hall–Kier alpha value is -0.750. The van der Waals surface area contributed by atoms with Crippen LogP contribution in [0.2, 0.25) is 0 Å². The van der Waals surface area contributed by atoms with E-state index in [0.29, 0.717) is 5.69 Å². The van der Waals surface area contributed by atoms with E-state index in [2.05, 4.69) is 33.5 Å². The van der Waals surface area contributed by atoms with Crippen LogP contribution in [0, 0.1) is 11.6 Å². The Morgan fingerprint density at radius 3 is 2.54 bits per heavy atom. The molecule has 2 nitrogen and oxygen atoms in total. The molecule has 70 valence electrons. The molecule has 0 fully saturated rings. The highest BCUT2D eigenvalue weighted by Crippen LogP contribution is 2.22. The first-order chi connectivity index (χ1) is 6.00. The van der Waals surface area contributed by atoms with Gasteiger partial charge in [-0.25, -0.2) is 8.78 Å². The van der Waals surface area contributed by atoms with Gasteiger partial charge in [-0.05, 0) is 34.2 Å². The summed E-state index contributed by atoms with van der Waals surface area (Å²) in [6.07, 6.45) is 0. The highest BCUT2D eigenvalue weighted by molar-refractivity contribution is 9.10. The predicted molar refractivity (Wildman–Crippen MR) is 54.5 cm³/mol. The highest BCUT2D eigenvalue weighted by atomic mass is 79.9. The zero-order valence-corrected chi connectivity index (χ0v) is 8.68. The van der Waals surface area contributed by atoms with Crippen molar-refractivity contribution >= 4 is 38.9 Å². The van der Waals surface area contributed by atoms with Crippen LogP contribution in [0.4, 0.5) is 14.5 Å². The molecule has 0 atom stereocenters. The van der Waals surface area contributed by atoms with Crippen LogP contribution >= 0.6 is 28.1 Å². The summed E-state index contributed by atoms with van der Waals surface area (Å²) in [4.78, 5) is 0. The summed E-state index contributed by atoms with van der Waals surface area (Å²) in [5.41, 5.74) is 5.46. The van der Waals surface area contributed by atoms with Crippen LogP contribution in [0.3, 0.4) is 0 Å². The quantitative estimate of drug-likeness (QED) is 0.606. The van der Waals surface area contributed by atoms with E-state index in [1.807, 2.05) is 0 Å². The number of hydrogen-bond donors (Lipinski definition) is 2. The summed E-state index contributed by atoms with van der Waals surface area (Å²) in [7, 11) is 0. The fraction of sp³-hybridized carbons (Fsp3) is 0. The van der Waals surface area contributed by atoms with Crippen LogP contribution in [-0.4, -0.2) is 5.11 Å². The molecule has 1 aromatic carbocycles. The van der Waals surface area contributed by atoms with Crippen molar-refractivity contribution in [3.05, 3.63) is 28.2 Å². The average molecular weight is 267 g/mol. The van der Waals surface area contributed by atoms with Gasteiger partial charge in [0.15, 0.2) is 16.7 Å². The van der Waals surface area contributed by atoms with Crippen LogP contribution in [-0.2, 0) is 0 Å². The number of rotatable bonds is 1. The molecule has 0 amide bonds. The fourth-order valence-electron chi connectivity index (χ4n) is 0.770. The summed E-state index contributed by atoms with van der Waals surface area (Å²) in [6, 6.07) is 2.32. The lowest BCUT2D eigenvalue weighted by molar-refractivity contribution is 0.505. The van der Waals surface area contributed by atoms with Gasteiger partial charge in [-0.2, -0.15) is 0 Å². The van der Waals surface area contributed by atoms with Gasteiger partial charge in [0.25, 0.3) is 0 Å². The summed E-state index contributed by atoms with van der Waals surface area (Å²) in [6.45, 7) is 0. The Bertz CT molecular complexity index is 333. The van der Waals surface area contributed by atoms with Crippen LogP contribution in [0.15, 0.2) is 16.6 Å². The first-order valence-corrected chi connectivity index (χ1v) is 4.42. The predicted octanol–water partition coefficient (Wildman–Crippen LogP) is 2.38. The van der Waals surface area contributed by atoms with Crippen molar-refractivity contribution in [3.63, 3.8) is 0 Å². The minimum absolute atomic E-state index is 0.00194. The van der Waals surface area contributed by atoms with Gasteiger partial charge < -0.3 is 11.1 Å². The summed E-state index contributed by atoms with van der Waals surface area (Å²) >= 11 is 7.38. The maximum atomic E-state index is 12.8. The molecule has 13 heavy (non-hydrogen) atoms. The van der Waals surface area contributed by atoms with Crippen LogP contribution in [0.5, 0.6) is 0 Å². The van der Waals surface area contributed by atoms with Gasteiger partial charge in [0, 0.05) is 11.8 Å². The standard InChI is InChI=1S/C7H5BrF2N2S/c8-4-1-3(12-7(11)13)2-5(9)6(4)10/h1-2H,(H3,11,12,13). The van der Waals surface area contributed by atoms with Crippen molar-refractivity contribution in [1.29, 1.82) is 0 Å². The summed E-state index contributed by atoms with van der Waals surface area (Å²) in [5, 5.41) is 2.48. The number of halogens is 3. The summed E-state index contributed by atoms with van der Waals surface area (Å²) < 4.78 is 25.5. The van der Waals surface area contributed by atoms with Crippen LogP contribution < -0.4 is 11.1 Å². The van der Waals surface area contributed by atoms with E-state index in [1.54, 1.807) is 0 Å². The monoisotopic (exact) mass is 266 g/mol. The van der Waals surface area contributed by atoms with Crippen molar-refractivity contribution in [2.75, 3.05) is 5.32 Å². The van der Waals surface area contributed by atoms with E-state index in [9.17, 15) is 8.78 Å². The van der Waals surface area contributed by atoms with Crippen molar-refractivity contribution in [3.8, 4) is 0 Å². The van der Waals surface area contributed by atoms with Gasteiger partial charge in [0.05, 0.1) is 4.47 Å². The van der Waals surface area contributed by atoms with Crippen molar-refractivity contribution in [2.45, 2.75) is 0 Å². The van der Waals surface area contributed by atoms with Gasteiger partial charge in [-0.3, -0.25) is 0 Å². The minimum Gasteiger partial charge on any atom is -0.376 e. The zero-order chi connectivity index (χ0) is 10.0. The number of nitrogens with two attached hydrogens (primary N) is 1. The Labute approximate surface area is 87.2 Å². The fourth-order valence-corrected chi connectivity index (χ4v) is 1.32.